The molecule has 0 aliphatic rings. The molecule has 1 unspecified atom stereocenters. The average Bonchev–Trinajstić information content (AvgIpc) is 2.35. The van der Waals surface area contributed by atoms with Crippen molar-refractivity contribution in [2.45, 2.75) is 20.0 Å². The van der Waals surface area contributed by atoms with Crippen molar-refractivity contribution >= 4 is 11.6 Å². The lowest BCUT2D eigenvalue weighted by atomic mass is 10.1. The number of amides is 1. The van der Waals surface area contributed by atoms with Crippen molar-refractivity contribution in [3.63, 3.8) is 0 Å². The molecule has 0 fully saturated rings. The van der Waals surface area contributed by atoms with Crippen LogP contribution in [-0.4, -0.2) is 16.9 Å². The van der Waals surface area contributed by atoms with E-state index in [1.165, 1.54) is 0 Å². The van der Waals surface area contributed by atoms with E-state index in [9.17, 15) is 19.3 Å². The maximum Gasteiger partial charge on any atom is 0.275 e. The first-order valence-corrected chi connectivity index (χ1v) is 5.48. The molecule has 0 aromatic heterocycles. The van der Waals surface area contributed by atoms with Gasteiger partial charge >= 0.3 is 0 Å². The SMILES string of the molecule is CC(C)C(Oc1ccc([N+](=O)[O-])cc1F)C(=O)NN. The minimum Gasteiger partial charge on any atom is -0.477 e. The van der Waals surface area contributed by atoms with Crippen LogP contribution in [0.15, 0.2) is 18.2 Å². The smallest absolute Gasteiger partial charge is 0.275 e. The number of nitrogens with zero attached hydrogens (tertiary/aromatic N) is 1. The Hall–Kier alpha value is -2.22. The molecule has 0 aliphatic carbocycles. The van der Waals surface area contributed by atoms with Gasteiger partial charge in [0.25, 0.3) is 11.6 Å². The quantitative estimate of drug-likeness (QED) is 0.361. The van der Waals surface area contributed by atoms with Gasteiger partial charge in [0.15, 0.2) is 17.7 Å². The number of carbonyl (C=O) groups is 1. The number of rotatable bonds is 5. The van der Waals surface area contributed by atoms with Crippen molar-refractivity contribution < 1.29 is 18.8 Å². The molecule has 1 aromatic carbocycles. The molecule has 7 nitrogen and oxygen atoms in total. The summed E-state index contributed by atoms with van der Waals surface area (Å²) in [6.45, 7) is 3.40. The average molecular weight is 271 g/mol. The second kappa shape index (κ2) is 6.10. The van der Waals surface area contributed by atoms with Gasteiger partial charge in [-0.3, -0.25) is 20.3 Å². The van der Waals surface area contributed by atoms with Gasteiger partial charge in [0, 0.05) is 6.07 Å². The summed E-state index contributed by atoms with van der Waals surface area (Å²) >= 11 is 0. The zero-order valence-corrected chi connectivity index (χ0v) is 10.4. The van der Waals surface area contributed by atoms with Crippen LogP contribution in [0.25, 0.3) is 0 Å². The highest BCUT2D eigenvalue weighted by Gasteiger charge is 2.25. The van der Waals surface area contributed by atoms with Crippen LogP contribution < -0.4 is 16.0 Å². The van der Waals surface area contributed by atoms with E-state index < -0.39 is 28.4 Å². The van der Waals surface area contributed by atoms with Gasteiger partial charge in [-0.15, -0.1) is 0 Å². The minimum absolute atomic E-state index is 0.243. The van der Waals surface area contributed by atoms with Gasteiger partial charge in [-0.05, 0) is 12.0 Å². The number of benzene rings is 1. The van der Waals surface area contributed by atoms with Crippen molar-refractivity contribution in [3.05, 3.63) is 34.1 Å². The second-order valence-electron chi connectivity index (χ2n) is 4.16. The van der Waals surface area contributed by atoms with Crippen LogP contribution in [0.5, 0.6) is 5.75 Å². The number of hydrazine groups is 1. The van der Waals surface area contributed by atoms with Crippen molar-refractivity contribution in [2.24, 2.45) is 11.8 Å². The van der Waals surface area contributed by atoms with Crippen molar-refractivity contribution in [1.29, 1.82) is 0 Å². The predicted molar refractivity (Wildman–Crippen MR) is 64.6 cm³/mol. The van der Waals surface area contributed by atoms with E-state index in [2.05, 4.69) is 0 Å². The molecule has 1 amide bonds. The molecule has 1 rings (SSSR count). The van der Waals surface area contributed by atoms with Crippen LogP contribution in [0.2, 0.25) is 0 Å². The predicted octanol–water partition coefficient (Wildman–Crippen LogP) is 1.13. The van der Waals surface area contributed by atoms with Crippen LogP contribution in [0, 0.1) is 21.8 Å². The Morgan fingerprint density at radius 3 is 2.58 bits per heavy atom. The summed E-state index contributed by atoms with van der Waals surface area (Å²) in [5.41, 5.74) is 1.53. The maximum absolute atomic E-state index is 13.6. The molecule has 3 N–H and O–H groups in total. The van der Waals surface area contributed by atoms with E-state index >= 15 is 0 Å². The Labute approximate surface area is 108 Å². The highest BCUT2D eigenvalue weighted by molar-refractivity contribution is 5.80. The summed E-state index contributed by atoms with van der Waals surface area (Å²) < 4.78 is 18.8. The zero-order valence-electron chi connectivity index (χ0n) is 10.4. The van der Waals surface area contributed by atoms with Gasteiger partial charge in [-0.25, -0.2) is 10.2 Å². The Kier molecular flexibility index (Phi) is 4.76. The standard InChI is InChI=1S/C11H14FN3O4/c1-6(2)10(11(16)14-13)19-9-4-3-7(15(17)18)5-8(9)12/h3-6,10H,13H2,1-2H3,(H,14,16). The molecule has 0 saturated heterocycles. The molecule has 0 spiro atoms. The van der Waals surface area contributed by atoms with Gasteiger partial charge in [0.2, 0.25) is 0 Å². The first kappa shape index (κ1) is 14.8. The summed E-state index contributed by atoms with van der Waals surface area (Å²) in [7, 11) is 0. The number of non-ortho nitro benzene ring substituents is 1. The largest absolute Gasteiger partial charge is 0.477 e. The Bertz CT molecular complexity index is 493. The third kappa shape index (κ3) is 3.62. The fourth-order valence-electron chi connectivity index (χ4n) is 1.41. The summed E-state index contributed by atoms with van der Waals surface area (Å²) in [6, 6.07) is 2.93. The molecule has 104 valence electrons. The van der Waals surface area contributed by atoms with E-state index in [4.69, 9.17) is 10.6 Å². The van der Waals surface area contributed by atoms with Gasteiger partial charge < -0.3 is 4.74 Å². The zero-order chi connectivity index (χ0) is 14.6. The third-order valence-corrected chi connectivity index (χ3v) is 2.39. The fourth-order valence-corrected chi connectivity index (χ4v) is 1.41. The fraction of sp³-hybridized carbons (Fsp3) is 0.364. The van der Waals surface area contributed by atoms with Crippen molar-refractivity contribution in [3.8, 4) is 5.75 Å². The Morgan fingerprint density at radius 2 is 2.16 bits per heavy atom. The minimum atomic E-state index is -0.985. The summed E-state index contributed by atoms with van der Waals surface area (Å²) in [6.07, 6.45) is -0.985. The van der Waals surface area contributed by atoms with Crippen molar-refractivity contribution in [1.82, 2.24) is 5.43 Å². The molecule has 19 heavy (non-hydrogen) atoms. The van der Waals surface area contributed by atoms with E-state index in [-0.39, 0.29) is 11.7 Å². The molecule has 0 heterocycles. The number of nitrogens with one attached hydrogen (secondary N) is 1. The number of nitro benzene ring substituents is 1. The highest BCUT2D eigenvalue weighted by atomic mass is 19.1. The number of carbonyl (C=O) groups excluding carboxylic acids is 1. The third-order valence-electron chi connectivity index (χ3n) is 2.39. The number of ether oxygens (including phenoxy) is 1. The molecule has 8 heteroatoms. The van der Waals surface area contributed by atoms with Gasteiger partial charge in [0.1, 0.15) is 0 Å². The van der Waals surface area contributed by atoms with Crippen LogP contribution in [-0.2, 0) is 4.79 Å². The maximum atomic E-state index is 13.6. The molecule has 0 bridgehead atoms. The van der Waals surface area contributed by atoms with E-state index in [0.717, 1.165) is 18.2 Å². The number of nitrogens with two attached hydrogens (primary N) is 1. The van der Waals surface area contributed by atoms with Crippen LogP contribution in [0.3, 0.4) is 0 Å². The Balaban J connectivity index is 2.97. The summed E-state index contributed by atoms with van der Waals surface area (Å²) in [4.78, 5) is 21.2. The van der Waals surface area contributed by atoms with E-state index in [1.807, 2.05) is 5.43 Å². The normalized spacial score (nSPS) is 12.1. The van der Waals surface area contributed by atoms with Crippen molar-refractivity contribution in [2.75, 3.05) is 0 Å². The highest BCUT2D eigenvalue weighted by Crippen LogP contribution is 2.24. The van der Waals surface area contributed by atoms with E-state index in [1.54, 1.807) is 13.8 Å². The molecular weight excluding hydrogens is 257 g/mol. The topological polar surface area (TPSA) is 107 Å². The lowest BCUT2D eigenvalue weighted by Gasteiger charge is -2.20. The molecule has 0 aliphatic heterocycles. The van der Waals surface area contributed by atoms with Gasteiger partial charge in [-0.2, -0.15) is 0 Å². The second-order valence-corrected chi connectivity index (χ2v) is 4.16. The number of nitro groups is 1. The monoisotopic (exact) mass is 271 g/mol. The van der Waals surface area contributed by atoms with E-state index in [0.29, 0.717) is 0 Å². The van der Waals surface area contributed by atoms with Crippen LogP contribution >= 0.6 is 0 Å². The lowest BCUT2D eigenvalue weighted by molar-refractivity contribution is -0.385. The lowest BCUT2D eigenvalue weighted by Crippen LogP contribution is -2.44. The number of hydrogen-bond donors (Lipinski definition) is 2. The Morgan fingerprint density at radius 1 is 1.53 bits per heavy atom. The molecule has 1 aromatic rings. The molecular formula is C11H14FN3O4. The number of hydrogen-bond acceptors (Lipinski definition) is 5. The molecule has 0 saturated carbocycles. The summed E-state index contributed by atoms with van der Waals surface area (Å²) in [5.74, 6) is 2.99. The first-order chi connectivity index (χ1) is 8.86. The van der Waals surface area contributed by atoms with Gasteiger partial charge in [-0.1, -0.05) is 13.8 Å². The number of halogens is 1. The molecule has 0 radical (unpaired) electrons. The first-order valence-electron chi connectivity index (χ1n) is 5.48. The summed E-state index contributed by atoms with van der Waals surface area (Å²) in [5, 5.41) is 10.5. The van der Waals surface area contributed by atoms with Crippen LogP contribution in [0.4, 0.5) is 10.1 Å². The van der Waals surface area contributed by atoms with Crippen LogP contribution in [0.1, 0.15) is 13.8 Å². The molecule has 1 atom stereocenters. The van der Waals surface area contributed by atoms with Gasteiger partial charge in [0.05, 0.1) is 11.0 Å².